The van der Waals surface area contributed by atoms with Crippen LogP contribution in [0.5, 0.6) is 5.75 Å². The second-order valence-corrected chi connectivity index (χ2v) is 11.1. The van der Waals surface area contributed by atoms with Crippen molar-refractivity contribution in [1.82, 2.24) is 14.4 Å². The summed E-state index contributed by atoms with van der Waals surface area (Å²) >= 11 is 0.871. The number of ether oxygens (including phenoxy) is 1. The standard InChI is InChI=1S/C31H32FN3O4S/c1-21-17-24(18-28-30(37)34(31(38)40-28)19-29(36)33-15-7-3-4-8-16-33)22(2)35(21)25-11-13-26(14-12-25)39-20-23-9-5-6-10-27(23)32/h5-6,9-14,17-18H,3-4,7-8,15-16,19-20H2,1-2H3. The molecular weight excluding hydrogens is 529 g/mol. The summed E-state index contributed by atoms with van der Waals surface area (Å²) in [6.07, 6.45) is 5.82. The van der Waals surface area contributed by atoms with Crippen LogP contribution in [0.1, 0.15) is 48.2 Å². The fraction of sp³-hybridized carbons (Fsp3) is 0.323. The van der Waals surface area contributed by atoms with Crippen molar-refractivity contribution in [2.45, 2.75) is 46.1 Å². The molecule has 2 aliphatic heterocycles. The van der Waals surface area contributed by atoms with Gasteiger partial charge in [-0.25, -0.2) is 4.39 Å². The van der Waals surface area contributed by atoms with Crippen molar-refractivity contribution in [3.63, 3.8) is 0 Å². The molecule has 0 N–H and O–H groups in total. The van der Waals surface area contributed by atoms with Gasteiger partial charge in [-0.2, -0.15) is 0 Å². The van der Waals surface area contributed by atoms with E-state index in [1.165, 1.54) is 6.07 Å². The molecule has 0 unspecified atom stereocenters. The number of benzene rings is 2. The van der Waals surface area contributed by atoms with E-state index in [0.717, 1.165) is 65.0 Å². The highest BCUT2D eigenvalue weighted by Crippen LogP contribution is 2.34. The van der Waals surface area contributed by atoms with Crippen LogP contribution in [0.4, 0.5) is 9.18 Å². The number of nitrogens with zero attached hydrogens (tertiary/aromatic N) is 3. The maximum Gasteiger partial charge on any atom is 0.294 e. The Morgan fingerprint density at radius 3 is 2.40 bits per heavy atom. The highest BCUT2D eigenvalue weighted by Gasteiger charge is 2.37. The average molecular weight is 562 g/mol. The highest BCUT2D eigenvalue weighted by atomic mass is 32.2. The summed E-state index contributed by atoms with van der Waals surface area (Å²) in [5.74, 6) is -0.283. The number of aromatic nitrogens is 1. The number of likely N-dealkylation sites (tertiary alicyclic amines) is 1. The lowest BCUT2D eigenvalue weighted by Gasteiger charge is -2.22. The normalized spacial score (nSPS) is 17.0. The first-order valence-electron chi connectivity index (χ1n) is 13.5. The molecule has 2 aliphatic rings. The first kappa shape index (κ1) is 27.7. The van der Waals surface area contributed by atoms with Gasteiger partial charge in [0.15, 0.2) is 0 Å². The fourth-order valence-corrected chi connectivity index (χ4v) is 5.96. The van der Waals surface area contributed by atoms with E-state index in [1.54, 1.807) is 29.2 Å². The van der Waals surface area contributed by atoms with E-state index in [9.17, 15) is 18.8 Å². The van der Waals surface area contributed by atoms with Gasteiger partial charge in [-0.05, 0) is 86.5 Å². The molecule has 0 aliphatic carbocycles. The molecule has 9 heteroatoms. The van der Waals surface area contributed by atoms with E-state index in [1.807, 2.05) is 44.2 Å². The lowest BCUT2D eigenvalue weighted by Crippen LogP contribution is -2.42. The number of halogens is 1. The molecule has 208 valence electrons. The summed E-state index contributed by atoms with van der Waals surface area (Å²) in [4.78, 5) is 41.7. The minimum absolute atomic E-state index is 0.135. The number of thioether (sulfide) groups is 1. The Hall–Kier alpha value is -3.85. The number of carbonyl (C=O) groups excluding carboxylic acids is 3. The Balaban J connectivity index is 1.28. The van der Waals surface area contributed by atoms with Crippen molar-refractivity contribution in [2.75, 3.05) is 19.6 Å². The second kappa shape index (κ2) is 12.1. The van der Waals surface area contributed by atoms with Gasteiger partial charge < -0.3 is 14.2 Å². The van der Waals surface area contributed by atoms with Crippen molar-refractivity contribution in [2.24, 2.45) is 0 Å². The average Bonchev–Trinajstić information content (AvgIpc) is 3.21. The Labute approximate surface area is 237 Å². The molecule has 2 fully saturated rings. The number of hydrogen-bond donors (Lipinski definition) is 0. The molecule has 3 amide bonds. The summed E-state index contributed by atoms with van der Waals surface area (Å²) in [5.41, 5.74) is 4.08. The highest BCUT2D eigenvalue weighted by molar-refractivity contribution is 8.18. The maximum atomic E-state index is 13.9. The molecule has 7 nitrogen and oxygen atoms in total. The molecule has 5 rings (SSSR count). The molecule has 2 aromatic carbocycles. The van der Waals surface area contributed by atoms with Crippen LogP contribution in [0.2, 0.25) is 0 Å². The fourth-order valence-electron chi connectivity index (χ4n) is 5.13. The van der Waals surface area contributed by atoms with Crippen LogP contribution in [0.3, 0.4) is 0 Å². The van der Waals surface area contributed by atoms with Crippen LogP contribution in [-0.4, -0.2) is 51.1 Å². The molecule has 0 spiro atoms. The van der Waals surface area contributed by atoms with Crippen molar-refractivity contribution in [3.05, 3.63) is 87.8 Å². The zero-order valence-corrected chi connectivity index (χ0v) is 23.5. The maximum absolute atomic E-state index is 13.9. The van der Waals surface area contributed by atoms with Crippen molar-refractivity contribution in [1.29, 1.82) is 0 Å². The van der Waals surface area contributed by atoms with Crippen LogP contribution in [0.25, 0.3) is 11.8 Å². The summed E-state index contributed by atoms with van der Waals surface area (Å²) in [5, 5.41) is -0.417. The Kier molecular flexibility index (Phi) is 8.40. The van der Waals surface area contributed by atoms with Gasteiger partial charge in [0.05, 0.1) is 4.91 Å². The number of imide groups is 1. The summed E-state index contributed by atoms with van der Waals surface area (Å²) in [6, 6.07) is 16.0. The Bertz CT molecular complexity index is 1460. The van der Waals surface area contributed by atoms with Crippen molar-refractivity contribution >= 4 is 34.9 Å². The minimum Gasteiger partial charge on any atom is -0.489 e. The Morgan fingerprint density at radius 2 is 1.70 bits per heavy atom. The van der Waals surface area contributed by atoms with E-state index in [0.29, 0.717) is 29.3 Å². The second-order valence-electron chi connectivity index (χ2n) is 10.1. The monoisotopic (exact) mass is 561 g/mol. The lowest BCUT2D eigenvalue weighted by molar-refractivity contribution is -0.135. The summed E-state index contributed by atoms with van der Waals surface area (Å²) in [7, 11) is 0. The minimum atomic E-state index is -0.431. The number of rotatable bonds is 7. The van der Waals surface area contributed by atoms with Crippen LogP contribution in [0, 0.1) is 19.7 Å². The molecular formula is C31H32FN3O4S. The zero-order valence-electron chi connectivity index (χ0n) is 22.7. The van der Waals surface area contributed by atoms with Crippen LogP contribution in [-0.2, 0) is 16.2 Å². The molecule has 1 aromatic heterocycles. The predicted octanol–water partition coefficient (Wildman–Crippen LogP) is 6.25. The van der Waals surface area contributed by atoms with Gasteiger partial charge >= 0.3 is 0 Å². The van der Waals surface area contributed by atoms with Gasteiger partial charge in [-0.1, -0.05) is 31.0 Å². The van der Waals surface area contributed by atoms with E-state index in [2.05, 4.69) is 4.57 Å². The summed E-state index contributed by atoms with van der Waals surface area (Å²) < 4.78 is 21.7. The van der Waals surface area contributed by atoms with Crippen LogP contribution < -0.4 is 4.74 Å². The van der Waals surface area contributed by atoms with E-state index >= 15 is 0 Å². The van der Waals surface area contributed by atoms with E-state index < -0.39 is 11.1 Å². The van der Waals surface area contributed by atoms with Crippen molar-refractivity contribution < 1.29 is 23.5 Å². The smallest absolute Gasteiger partial charge is 0.294 e. The van der Waals surface area contributed by atoms with Crippen molar-refractivity contribution in [3.8, 4) is 11.4 Å². The Morgan fingerprint density at radius 1 is 1.00 bits per heavy atom. The molecule has 40 heavy (non-hydrogen) atoms. The van der Waals surface area contributed by atoms with Gasteiger partial charge in [-0.15, -0.1) is 0 Å². The number of amides is 3. The first-order valence-corrected chi connectivity index (χ1v) is 14.3. The molecule has 0 radical (unpaired) electrons. The topological polar surface area (TPSA) is 71.9 Å². The zero-order chi connectivity index (χ0) is 28.2. The largest absolute Gasteiger partial charge is 0.489 e. The first-order chi connectivity index (χ1) is 19.3. The lowest BCUT2D eigenvalue weighted by atomic mass is 10.2. The third-order valence-corrected chi connectivity index (χ3v) is 8.24. The molecule has 0 bridgehead atoms. The third kappa shape index (κ3) is 5.99. The van der Waals surface area contributed by atoms with Crippen LogP contribution in [0.15, 0.2) is 59.5 Å². The van der Waals surface area contributed by atoms with Gasteiger partial charge in [0.25, 0.3) is 11.1 Å². The predicted molar refractivity (Wildman–Crippen MR) is 154 cm³/mol. The van der Waals surface area contributed by atoms with Gasteiger partial charge in [0.2, 0.25) is 5.91 Å². The third-order valence-electron chi connectivity index (χ3n) is 7.33. The molecule has 2 saturated heterocycles. The van der Waals surface area contributed by atoms with Gasteiger partial charge in [0.1, 0.15) is 24.7 Å². The van der Waals surface area contributed by atoms with E-state index in [4.69, 9.17) is 4.74 Å². The molecule has 3 heterocycles. The van der Waals surface area contributed by atoms with E-state index in [-0.39, 0.29) is 24.9 Å². The number of hydrogen-bond acceptors (Lipinski definition) is 5. The number of aryl methyl sites for hydroxylation is 1. The SMILES string of the molecule is Cc1cc(C=C2SC(=O)N(CC(=O)N3CCCCCC3)C2=O)c(C)n1-c1ccc(OCc2ccccc2F)cc1. The molecule has 0 saturated carbocycles. The quantitative estimate of drug-likeness (QED) is 0.319. The van der Waals surface area contributed by atoms with Gasteiger partial charge in [0, 0.05) is 35.7 Å². The molecule has 3 aromatic rings. The van der Waals surface area contributed by atoms with Gasteiger partial charge in [-0.3, -0.25) is 19.3 Å². The molecule has 0 atom stereocenters. The van der Waals surface area contributed by atoms with Crippen LogP contribution >= 0.6 is 11.8 Å². The summed E-state index contributed by atoms with van der Waals surface area (Å²) in [6.45, 7) is 5.20. The number of carbonyl (C=O) groups is 3.